The van der Waals surface area contributed by atoms with Gasteiger partial charge in [0, 0.05) is 23.0 Å². The van der Waals surface area contributed by atoms with Crippen LogP contribution in [0.4, 0.5) is 23.7 Å². The fourth-order valence-corrected chi connectivity index (χ4v) is 3.26. The second-order valence-corrected chi connectivity index (χ2v) is 6.71. The minimum Gasteiger partial charge on any atom is -0.497 e. The summed E-state index contributed by atoms with van der Waals surface area (Å²) in [5.41, 5.74) is -0.0554. The van der Waals surface area contributed by atoms with Gasteiger partial charge in [0.05, 0.1) is 31.4 Å². The summed E-state index contributed by atoms with van der Waals surface area (Å²) in [5, 5.41) is 7.65. The van der Waals surface area contributed by atoms with Crippen LogP contribution in [0.2, 0.25) is 0 Å². The van der Waals surface area contributed by atoms with Gasteiger partial charge < -0.3 is 25.4 Å². The fraction of sp³-hybridized carbons (Fsp3) is 0.238. The Morgan fingerprint density at radius 3 is 2.48 bits per heavy atom. The van der Waals surface area contributed by atoms with E-state index < -0.39 is 29.7 Å². The minimum absolute atomic E-state index is 0.0301. The molecule has 0 saturated carbocycles. The predicted molar refractivity (Wildman–Crippen MR) is 107 cm³/mol. The maximum Gasteiger partial charge on any atom is 0.416 e. The second kappa shape index (κ2) is 8.58. The van der Waals surface area contributed by atoms with Gasteiger partial charge in [0.2, 0.25) is 0 Å². The summed E-state index contributed by atoms with van der Waals surface area (Å²) in [5.74, 6) is 0.201. The largest absolute Gasteiger partial charge is 0.497 e. The molecule has 0 aliphatic carbocycles. The molecule has 10 heteroatoms. The van der Waals surface area contributed by atoms with Crippen molar-refractivity contribution in [3.8, 4) is 11.5 Å². The summed E-state index contributed by atoms with van der Waals surface area (Å²) in [4.78, 5) is 25.1. The Labute approximate surface area is 176 Å². The van der Waals surface area contributed by atoms with E-state index >= 15 is 0 Å². The number of carbonyl (C=O) groups is 2. The van der Waals surface area contributed by atoms with Crippen LogP contribution in [-0.2, 0) is 11.0 Å². The molecular weight excluding hydrogens is 415 g/mol. The number of anilines is 1. The number of urea groups is 1. The molecule has 0 bridgehead atoms. The van der Waals surface area contributed by atoms with Gasteiger partial charge in [-0.15, -0.1) is 0 Å². The minimum atomic E-state index is -4.55. The van der Waals surface area contributed by atoms with Crippen LogP contribution in [0.25, 0.3) is 0 Å². The molecule has 0 radical (unpaired) electrons. The lowest BCUT2D eigenvalue weighted by molar-refractivity contribution is -0.137. The molecule has 2 aromatic carbocycles. The Morgan fingerprint density at radius 2 is 1.84 bits per heavy atom. The van der Waals surface area contributed by atoms with Gasteiger partial charge in [0.15, 0.2) is 0 Å². The summed E-state index contributed by atoms with van der Waals surface area (Å²) in [6.45, 7) is 1.53. The van der Waals surface area contributed by atoms with E-state index in [1.165, 1.54) is 33.3 Å². The first kappa shape index (κ1) is 22.0. The molecule has 2 aromatic rings. The molecule has 3 N–H and O–H groups in total. The number of benzene rings is 2. The lowest BCUT2D eigenvalue weighted by Crippen LogP contribution is -2.46. The highest BCUT2D eigenvalue weighted by Crippen LogP contribution is 2.36. The highest BCUT2D eigenvalue weighted by molar-refractivity contribution is 6.07. The van der Waals surface area contributed by atoms with E-state index in [4.69, 9.17) is 9.47 Å². The molecule has 1 aliphatic rings. The molecule has 164 valence electrons. The number of carbonyl (C=O) groups excluding carboxylic acids is 2. The zero-order valence-electron chi connectivity index (χ0n) is 16.9. The first-order valence-corrected chi connectivity index (χ1v) is 9.13. The van der Waals surface area contributed by atoms with Crippen LogP contribution in [0.3, 0.4) is 0 Å². The third-order valence-corrected chi connectivity index (χ3v) is 4.71. The molecule has 0 unspecified atom stereocenters. The topological polar surface area (TPSA) is 88.7 Å². The van der Waals surface area contributed by atoms with Crippen molar-refractivity contribution in [3.63, 3.8) is 0 Å². The molecular formula is C21H20F3N3O4. The maximum atomic E-state index is 13.0. The Hall–Kier alpha value is -3.69. The monoisotopic (exact) mass is 435 g/mol. The van der Waals surface area contributed by atoms with Crippen LogP contribution in [0.15, 0.2) is 53.7 Å². The van der Waals surface area contributed by atoms with Gasteiger partial charge >= 0.3 is 12.2 Å². The van der Waals surface area contributed by atoms with E-state index in [2.05, 4.69) is 16.0 Å². The fourth-order valence-electron chi connectivity index (χ4n) is 3.26. The number of allylic oxidation sites excluding steroid dienone is 1. The molecule has 3 amide bonds. The van der Waals surface area contributed by atoms with Gasteiger partial charge in [-0.25, -0.2) is 4.79 Å². The van der Waals surface area contributed by atoms with E-state index in [1.54, 1.807) is 18.2 Å². The van der Waals surface area contributed by atoms with Crippen LogP contribution in [0.5, 0.6) is 11.5 Å². The third kappa shape index (κ3) is 4.73. The zero-order chi connectivity index (χ0) is 22.8. The van der Waals surface area contributed by atoms with Gasteiger partial charge in [0.25, 0.3) is 5.91 Å². The van der Waals surface area contributed by atoms with Crippen molar-refractivity contribution >= 4 is 17.6 Å². The molecule has 31 heavy (non-hydrogen) atoms. The Balaban J connectivity index is 1.98. The average molecular weight is 435 g/mol. The number of hydrogen-bond acceptors (Lipinski definition) is 4. The van der Waals surface area contributed by atoms with Crippen molar-refractivity contribution in [1.82, 2.24) is 10.6 Å². The third-order valence-electron chi connectivity index (χ3n) is 4.71. The first-order valence-electron chi connectivity index (χ1n) is 9.13. The highest BCUT2D eigenvalue weighted by atomic mass is 19.4. The number of ether oxygens (including phenoxy) is 2. The van der Waals surface area contributed by atoms with Crippen molar-refractivity contribution < 1.29 is 32.2 Å². The van der Waals surface area contributed by atoms with Gasteiger partial charge in [0.1, 0.15) is 11.5 Å². The van der Waals surface area contributed by atoms with E-state index in [0.717, 1.165) is 12.1 Å². The van der Waals surface area contributed by atoms with Gasteiger partial charge in [-0.2, -0.15) is 13.2 Å². The molecule has 1 heterocycles. The van der Waals surface area contributed by atoms with Crippen LogP contribution >= 0.6 is 0 Å². The van der Waals surface area contributed by atoms with Crippen molar-refractivity contribution in [2.75, 3.05) is 19.5 Å². The van der Waals surface area contributed by atoms with Crippen LogP contribution in [0.1, 0.15) is 24.1 Å². The lowest BCUT2D eigenvalue weighted by Gasteiger charge is -2.29. The number of nitrogens with one attached hydrogen (secondary N) is 3. The Kier molecular flexibility index (Phi) is 6.09. The summed E-state index contributed by atoms with van der Waals surface area (Å²) in [6, 6.07) is 7.74. The lowest BCUT2D eigenvalue weighted by atomic mass is 9.94. The molecule has 0 fully saturated rings. The molecule has 1 atom stereocenters. The average Bonchev–Trinajstić information content (AvgIpc) is 2.72. The zero-order valence-corrected chi connectivity index (χ0v) is 16.9. The van der Waals surface area contributed by atoms with Gasteiger partial charge in [-0.05, 0) is 37.3 Å². The molecule has 7 nitrogen and oxygen atoms in total. The SMILES string of the molecule is COc1ccc([C@@H]2NC(=O)NC(C)=C2C(=O)Nc2cccc(C(F)(F)F)c2)c(OC)c1. The molecule has 0 aromatic heterocycles. The Bertz CT molecular complexity index is 1050. The number of rotatable bonds is 5. The second-order valence-electron chi connectivity index (χ2n) is 6.71. The number of hydrogen-bond donors (Lipinski definition) is 3. The number of alkyl halides is 3. The van der Waals surface area contributed by atoms with Crippen molar-refractivity contribution in [3.05, 3.63) is 64.9 Å². The number of amides is 3. The quantitative estimate of drug-likeness (QED) is 0.663. The van der Waals surface area contributed by atoms with E-state index in [1.807, 2.05) is 0 Å². The maximum absolute atomic E-state index is 13.0. The molecule has 0 spiro atoms. The summed E-state index contributed by atoms with van der Waals surface area (Å²) in [6.07, 6.45) is -4.55. The van der Waals surface area contributed by atoms with Crippen LogP contribution < -0.4 is 25.4 Å². The number of methoxy groups -OCH3 is 2. The van der Waals surface area contributed by atoms with Crippen molar-refractivity contribution in [2.24, 2.45) is 0 Å². The van der Waals surface area contributed by atoms with E-state index in [0.29, 0.717) is 17.1 Å². The van der Waals surface area contributed by atoms with Gasteiger partial charge in [-0.3, -0.25) is 4.79 Å². The van der Waals surface area contributed by atoms with Gasteiger partial charge in [-0.1, -0.05) is 6.07 Å². The highest BCUT2D eigenvalue weighted by Gasteiger charge is 2.34. The van der Waals surface area contributed by atoms with E-state index in [9.17, 15) is 22.8 Å². The standard InChI is InChI=1S/C21H20F3N3O4/c1-11-17(19(28)26-13-6-4-5-12(9-13)21(22,23)24)18(27-20(29)25-11)15-8-7-14(30-2)10-16(15)31-3/h4-10,18H,1-3H3,(H,26,28)(H2,25,27,29)/t18-/m0/s1. The number of halogens is 3. The van der Waals surface area contributed by atoms with Crippen molar-refractivity contribution in [1.29, 1.82) is 0 Å². The van der Waals surface area contributed by atoms with E-state index in [-0.39, 0.29) is 17.0 Å². The van der Waals surface area contributed by atoms with Crippen molar-refractivity contribution in [2.45, 2.75) is 19.1 Å². The summed E-state index contributed by atoms with van der Waals surface area (Å²) >= 11 is 0. The normalized spacial score (nSPS) is 16.3. The summed E-state index contributed by atoms with van der Waals surface area (Å²) < 4.78 is 49.5. The first-order chi connectivity index (χ1) is 14.6. The van der Waals surface area contributed by atoms with Crippen LogP contribution in [0, 0.1) is 0 Å². The molecule has 0 saturated heterocycles. The molecule has 1 aliphatic heterocycles. The van der Waals surface area contributed by atoms with Crippen LogP contribution in [-0.4, -0.2) is 26.2 Å². The smallest absolute Gasteiger partial charge is 0.416 e. The summed E-state index contributed by atoms with van der Waals surface area (Å²) in [7, 11) is 2.92. The Morgan fingerprint density at radius 1 is 1.10 bits per heavy atom. The molecule has 3 rings (SSSR count). The predicted octanol–water partition coefficient (Wildman–Crippen LogP) is 3.99.